The van der Waals surface area contributed by atoms with Crippen LogP contribution in [-0.2, 0) is 9.53 Å². The number of amides is 1. The normalized spacial score (nSPS) is 26.3. The summed E-state index contributed by atoms with van der Waals surface area (Å²) in [5, 5.41) is 12.2. The molecule has 1 unspecified atom stereocenters. The van der Waals surface area contributed by atoms with Gasteiger partial charge in [-0.2, -0.15) is 0 Å². The number of carbonyl (C=O) groups is 1. The zero-order valence-corrected chi connectivity index (χ0v) is 12.9. The van der Waals surface area contributed by atoms with Gasteiger partial charge in [-0.25, -0.2) is 0 Å². The summed E-state index contributed by atoms with van der Waals surface area (Å²) in [6, 6.07) is 0. The fraction of sp³-hybridized carbons (Fsp3) is 0.867. The minimum Gasteiger partial charge on any atom is -0.409 e. The second kappa shape index (κ2) is 7.11. The van der Waals surface area contributed by atoms with Crippen LogP contribution in [0.25, 0.3) is 0 Å². The maximum absolute atomic E-state index is 12.9. The molecule has 0 radical (unpaired) electrons. The molecule has 2 fully saturated rings. The van der Waals surface area contributed by atoms with E-state index in [1.807, 2.05) is 0 Å². The molecule has 1 atom stereocenters. The molecular weight excluding hydrogens is 270 g/mol. The van der Waals surface area contributed by atoms with Crippen LogP contribution in [0.1, 0.15) is 51.4 Å². The monoisotopic (exact) mass is 297 g/mol. The molecule has 0 aromatic heterocycles. The van der Waals surface area contributed by atoms with Gasteiger partial charge in [0.1, 0.15) is 5.41 Å². The standard InChI is InChI=1S/C15H27N3O3/c1-18(11-12-7-3-6-10-21-12)14(19)15(13(16)17-20)8-4-2-5-9-15/h12,20H,2-11H2,1H3,(H2,16,17). The van der Waals surface area contributed by atoms with Gasteiger partial charge in [0.25, 0.3) is 0 Å². The van der Waals surface area contributed by atoms with Crippen molar-refractivity contribution in [2.75, 3.05) is 20.2 Å². The Morgan fingerprint density at radius 3 is 2.62 bits per heavy atom. The molecular formula is C15H27N3O3. The summed E-state index contributed by atoms with van der Waals surface area (Å²) in [7, 11) is 1.79. The molecule has 120 valence electrons. The number of amidine groups is 1. The summed E-state index contributed by atoms with van der Waals surface area (Å²) in [5.41, 5.74) is 5.05. The van der Waals surface area contributed by atoms with Crippen molar-refractivity contribution in [1.82, 2.24) is 4.90 Å². The lowest BCUT2D eigenvalue weighted by Gasteiger charge is -2.38. The van der Waals surface area contributed by atoms with E-state index >= 15 is 0 Å². The topological polar surface area (TPSA) is 88.2 Å². The van der Waals surface area contributed by atoms with Gasteiger partial charge in [0.15, 0.2) is 5.84 Å². The maximum atomic E-state index is 12.9. The first-order valence-electron chi connectivity index (χ1n) is 7.95. The molecule has 0 aromatic carbocycles. The molecule has 3 N–H and O–H groups in total. The van der Waals surface area contributed by atoms with Gasteiger partial charge in [-0.1, -0.05) is 24.4 Å². The van der Waals surface area contributed by atoms with Crippen molar-refractivity contribution in [1.29, 1.82) is 0 Å². The van der Waals surface area contributed by atoms with Crippen molar-refractivity contribution in [3.63, 3.8) is 0 Å². The minimum atomic E-state index is -0.823. The van der Waals surface area contributed by atoms with Crippen molar-refractivity contribution in [2.24, 2.45) is 16.3 Å². The van der Waals surface area contributed by atoms with Gasteiger partial charge in [0.05, 0.1) is 6.10 Å². The van der Waals surface area contributed by atoms with E-state index in [9.17, 15) is 4.79 Å². The zero-order valence-electron chi connectivity index (χ0n) is 12.9. The van der Waals surface area contributed by atoms with Crippen LogP contribution < -0.4 is 5.73 Å². The predicted octanol–water partition coefficient (Wildman–Crippen LogP) is 1.71. The summed E-state index contributed by atoms with van der Waals surface area (Å²) >= 11 is 0. The molecule has 1 saturated heterocycles. The van der Waals surface area contributed by atoms with Crippen molar-refractivity contribution >= 4 is 11.7 Å². The highest BCUT2D eigenvalue weighted by Gasteiger charge is 2.45. The maximum Gasteiger partial charge on any atom is 0.236 e. The Morgan fingerprint density at radius 1 is 1.33 bits per heavy atom. The predicted molar refractivity (Wildman–Crippen MR) is 80.2 cm³/mol. The van der Waals surface area contributed by atoms with Crippen LogP contribution in [0, 0.1) is 5.41 Å². The van der Waals surface area contributed by atoms with E-state index in [1.54, 1.807) is 11.9 Å². The van der Waals surface area contributed by atoms with Gasteiger partial charge in [-0.3, -0.25) is 4.79 Å². The largest absolute Gasteiger partial charge is 0.409 e. The fourth-order valence-electron chi connectivity index (χ4n) is 3.54. The van der Waals surface area contributed by atoms with Gasteiger partial charge in [0.2, 0.25) is 5.91 Å². The van der Waals surface area contributed by atoms with Crippen LogP contribution in [0.15, 0.2) is 5.16 Å². The highest BCUT2D eigenvalue weighted by Crippen LogP contribution is 2.38. The Bertz CT molecular complexity index is 386. The first-order valence-corrected chi connectivity index (χ1v) is 7.95. The number of carbonyl (C=O) groups excluding carboxylic acids is 1. The Morgan fingerprint density at radius 2 is 2.05 bits per heavy atom. The minimum absolute atomic E-state index is 0.0355. The van der Waals surface area contributed by atoms with Crippen molar-refractivity contribution in [3.05, 3.63) is 0 Å². The number of hydrogen-bond acceptors (Lipinski definition) is 4. The van der Waals surface area contributed by atoms with Crippen LogP contribution >= 0.6 is 0 Å². The van der Waals surface area contributed by atoms with E-state index in [1.165, 1.54) is 0 Å². The summed E-state index contributed by atoms with van der Waals surface area (Å²) in [6.07, 6.45) is 7.67. The molecule has 1 amide bonds. The van der Waals surface area contributed by atoms with Crippen LogP contribution in [-0.4, -0.2) is 48.2 Å². The molecule has 0 spiro atoms. The highest BCUT2D eigenvalue weighted by molar-refractivity contribution is 6.06. The number of hydrogen-bond donors (Lipinski definition) is 2. The van der Waals surface area contributed by atoms with Crippen LogP contribution in [0.4, 0.5) is 0 Å². The van der Waals surface area contributed by atoms with Gasteiger partial charge >= 0.3 is 0 Å². The molecule has 1 aliphatic heterocycles. The first-order chi connectivity index (χ1) is 10.1. The van der Waals surface area contributed by atoms with Crippen LogP contribution in [0.5, 0.6) is 0 Å². The van der Waals surface area contributed by atoms with Gasteiger partial charge in [0, 0.05) is 20.2 Å². The third-order valence-electron chi connectivity index (χ3n) is 4.81. The fourth-order valence-corrected chi connectivity index (χ4v) is 3.54. The third-order valence-corrected chi connectivity index (χ3v) is 4.81. The number of ether oxygens (including phenoxy) is 1. The summed E-state index contributed by atoms with van der Waals surface area (Å²) < 4.78 is 5.70. The third kappa shape index (κ3) is 3.48. The van der Waals surface area contributed by atoms with E-state index in [0.29, 0.717) is 19.4 Å². The lowest BCUT2D eigenvalue weighted by Crippen LogP contribution is -2.53. The van der Waals surface area contributed by atoms with E-state index in [2.05, 4.69) is 5.16 Å². The zero-order chi connectivity index (χ0) is 15.3. The van der Waals surface area contributed by atoms with E-state index in [4.69, 9.17) is 15.7 Å². The van der Waals surface area contributed by atoms with Crippen molar-refractivity contribution in [3.8, 4) is 0 Å². The quantitative estimate of drug-likeness (QED) is 0.358. The average Bonchev–Trinajstić information content (AvgIpc) is 2.54. The number of nitrogens with zero attached hydrogens (tertiary/aromatic N) is 2. The Kier molecular flexibility index (Phi) is 5.45. The van der Waals surface area contributed by atoms with E-state index in [-0.39, 0.29) is 17.8 Å². The molecule has 0 bridgehead atoms. The smallest absolute Gasteiger partial charge is 0.236 e. The molecule has 21 heavy (non-hydrogen) atoms. The van der Waals surface area contributed by atoms with E-state index in [0.717, 1.165) is 45.1 Å². The van der Waals surface area contributed by atoms with Crippen LogP contribution in [0.2, 0.25) is 0 Å². The second-order valence-corrected chi connectivity index (χ2v) is 6.30. The molecule has 1 saturated carbocycles. The number of rotatable bonds is 4. The molecule has 6 heteroatoms. The molecule has 1 aliphatic carbocycles. The van der Waals surface area contributed by atoms with Crippen molar-refractivity contribution < 1.29 is 14.7 Å². The molecule has 2 aliphatic rings. The summed E-state index contributed by atoms with van der Waals surface area (Å²) in [4.78, 5) is 14.6. The lowest BCUT2D eigenvalue weighted by molar-refractivity contribution is -0.141. The summed E-state index contributed by atoms with van der Waals surface area (Å²) in [6.45, 7) is 1.36. The Labute approximate surface area is 126 Å². The average molecular weight is 297 g/mol. The molecule has 6 nitrogen and oxygen atoms in total. The van der Waals surface area contributed by atoms with Gasteiger partial charge in [-0.05, 0) is 32.1 Å². The van der Waals surface area contributed by atoms with E-state index < -0.39 is 5.41 Å². The Hall–Kier alpha value is -1.30. The number of oxime groups is 1. The Balaban J connectivity index is 2.06. The molecule has 2 rings (SSSR count). The van der Waals surface area contributed by atoms with Crippen LogP contribution in [0.3, 0.4) is 0 Å². The highest BCUT2D eigenvalue weighted by atomic mass is 16.5. The first kappa shape index (κ1) is 16.1. The summed E-state index contributed by atoms with van der Waals surface area (Å²) in [5.74, 6) is 0.0234. The number of likely N-dealkylation sites (N-methyl/N-ethyl adjacent to an activating group) is 1. The van der Waals surface area contributed by atoms with Crippen molar-refractivity contribution in [2.45, 2.75) is 57.5 Å². The van der Waals surface area contributed by atoms with Gasteiger partial charge in [-0.15, -0.1) is 0 Å². The number of nitrogens with two attached hydrogens (primary N) is 1. The molecule has 1 heterocycles. The molecule has 0 aromatic rings. The SMILES string of the molecule is CN(CC1CCCCO1)C(=O)C1(C(N)=NO)CCCCC1. The van der Waals surface area contributed by atoms with Gasteiger partial charge < -0.3 is 20.6 Å². The second-order valence-electron chi connectivity index (χ2n) is 6.30. The lowest BCUT2D eigenvalue weighted by atomic mass is 9.72.